The van der Waals surface area contributed by atoms with E-state index in [0.717, 1.165) is 5.69 Å². The Hall–Kier alpha value is -1.64. The molecule has 1 aromatic heterocycles. The van der Waals surface area contributed by atoms with E-state index < -0.39 is 0 Å². The van der Waals surface area contributed by atoms with Gasteiger partial charge in [-0.2, -0.15) is 0 Å². The van der Waals surface area contributed by atoms with Crippen LogP contribution in [0.15, 0.2) is 29.6 Å². The van der Waals surface area contributed by atoms with Gasteiger partial charge in [0.05, 0.1) is 5.56 Å². The molecule has 0 N–H and O–H groups in total. The van der Waals surface area contributed by atoms with Gasteiger partial charge in [-0.15, -0.1) is 6.58 Å². The third kappa shape index (κ3) is 1.82. The Kier molecular flexibility index (Phi) is 3.02. The van der Waals surface area contributed by atoms with Gasteiger partial charge in [0.2, 0.25) is 0 Å². The van der Waals surface area contributed by atoms with Crippen molar-refractivity contribution in [3.05, 3.63) is 46.4 Å². The van der Waals surface area contributed by atoms with E-state index in [1.54, 1.807) is 18.2 Å². The highest BCUT2D eigenvalue weighted by atomic mass is 16.1. The van der Waals surface area contributed by atoms with Crippen LogP contribution in [0.3, 0.4) is 0 Å². The number of rotatable bonds is 3. The summed E-state index contributed by atoms with van der Waals surface area (Å²) < 4.78 is 1.53. The first-order chi connectivity index (χ1) is 6.57. The zero-order valence-corrected chi connectivity index (χ0v) is 8.41. The maximum absolute atomic E-state index is 11.7. The van der Waals surface area contributed by atoms with E-state index >= 15 is 0 Å². The van der Waals surface area contributed by atoms with Crippen LogP contribution in [-0.4, -0.2) is 10.4 Å². The molecule has 3 nitrogen and oxygen atoms in total. The third-order valence-electron chi connectivity index (χ3n) is 2.08. The van der Waals surface area contributed by atoms with Crippen LogP contribution in [-0.2, 0) is 6.54 Å². The monoisotopic (exact) mass is 191 g/mol. The highest BCUT2D eigenvalue weighted by Gasteiger charge is 2.08. The lowest BCUT2D eigenvalue weighted by Gasteiger charge is -2.07. The fourth-order valence-electron chi connectivity index (χ4n) is 1.29. The van der Waals surface area contributed by atoms with Crippen molar-refractivity contribution in [2.24, 2.45) is 0 Å². The minimum absolute atomic E-state index is 0.201. The van der Waals surface area contributed by atoms with E-state index in [9.17, 15) is 9.59 Å². The van der Waals surface area contributed by atoms with Crippen molar-refractivity contribution in [3.63, 3.8) is 0 Å². The summed E-state index contributed by atoms with van der Waals surface area (Å²) in [5, 5.41) is 0. The molecule has 0 aliphatic rings. The molecule has 74 valence electrons. The van der Waals surface area contributed by atoms with Crippen LogP contribution in [0.5, 0.6) is 0 Å². The van der Waals surface area contributed by atoms with Crippen LogP contribution in [0.1, 0.15) is 23.0 Å². The Morgan fingerprint density at radius 3 is 2.71 bits per heavy atom. The van der Waals surface area contributed by atoms with Gasteiger partial charge in [0.25, 0.3) is 5.56 Å². The van der Waals surface area contributed by atoms with Crippen molar-refractivity contribution in [2.75, 3.05) is 0 Å². The Morgan fingerprint density at radius 1 is 1.57 bits per heavy atom. The lowest BCUT2D eigenvalue weighted by molar-refractivity contribution is 0.101. The van der Waals surface area contributed by atoms with E-state index in [-0.39, 0.29) is 16.9 Å². The molecular weight excluding hydrogens is 178 g/mol. The summed E-state index contributed by atoms with van der Waals surface area (Å²) in [6, 6.07) is 3.33. The van der Waals surface area contributed by atoms with Crippen LogP contribution in [0.25, 0.3) is 0 Å². The molecule has 14 heavy (non-hydrogen) atoms. The van der Waals surface area contributed by atoms with E-state index in [1.165, 1.54) is 11.5 Å². The van der Waals surface area contributed by atoms with Crippen molar-refractivity contribution in [3.8, 4) is 0 Å². The summed E-state index contributed by atoms with van der Waals surface area (Å²) in [7, 11) is 0. The molecule has 0 bridgehead atoms. The van der Waals surface area contributed by atoms with Gasteiger partial charge in [-0.25, -0.2) is 0 Å². The highest BCUT2D eigenvalue weighted by molar-refractivity contribution is 5.93. The molecule has 0 saturated heterocycles. The summed E-state index contributed by atoms with van der Waals surface area (Å²) in [4.78, 5) is 22.8. The number of hydrogen-bond acceptors (Lipinski definition) is 2. The number of aryl methyl sites for hydroxylation is 1. The van der Waals surface area contributed by atoms with Gasteiger partial charge in [-0.3, -0.25) is 9.59 Å². The van der Waals surface area contributed by atoms with Crippen LogP contribution in [0, 0.1) is 6.92 Å². The van der Waals surface area contributed by atoms with Crippen molar-refractivity contribution in [2.45, 2.75) is 20.4 Å². The third-order valence-corrected chi connectivity index (χ3v) is 2.08. The fraction of sp³-hybridized carbons (Fsp3) is 0.273. The Bertz CT molecular complexity index is 429. The summed E-state index contributed by atoms with van der Waals surface area (Å²) in [6.07, 6.45) is 1.64. The lowest BCUT2D eigenvalue weighted by Crippen LogP contribution is -2.26. The minimum atomic E-state index is -0.239. The van der Waals surface area contributed by atoms with E-state index in [0.29, 0.717) is 6.54 Å². The average molecular weight is 191 g/mol. The molecule has 0 spiro atoms. The SMILES string of the molecule is C=CCn1c(C)ccc(C(C)=O)c1=O. The van der Waals surface area contributed by atoms with Crippen LogP contribution in [0.2, 0.25) is 0 Å². The predicted molar refractivity (Wildman–Crippen MR) is 55.6 cm³/mol. The van der Waals surface area contributed by atoms with E-state index in [4.69, 9.17) is 0 Å². The quantitative estimate of drug-likeness (QED) is 0.537. The second kappa shape index (κ2) is 4.05. The number of hydrogen-bond donors (Lipinski definition) is 0. The number of pyridine rings is 1. The maximum Gasteiger partial charge on any atom is 0.261 e. The number of allylic oxidation sites excluding steroid dienone is 1. The molecule has 0 saturated carbocycles. The summed E-state index contributed by atoms with van der Waals surface area (Å²) in [6.45, 7) is 7.23. The Morgan fingerprint density at radius 2 is 2.21 bits per heavy atom. The van der Waals surface area contributed by atoms with E-state index in [1.807, 2.05) is 6.92 Å². The van der Waals surface area contributed by atoms with Gasteiger partial charge in [0.1, 0.15) is 0 Å². The summed E-state index contributed by atoms with van der Waals surface area (Å²) in [5.74, 6) is -0.201. The molecule has 0 aliphatic heterocycles. The minimum Gasteiger partial charge on any atom is -0.309 e. The van der Waals surface area contributed by atoms with Gasteiger partial charge in [0, 0.05) is 12.2 Å². The molecule has 0 atom stereocenters. The normalized spacial score (nSPS) is 9.86. The molecule has 0 unspecified atom stereocenters. The first kappa shape index (κ1) is 10.4. The topological polar surface area (TPSA) is 39.1 Å². The summed E-state index contributed by atoms with van der Waals surface area (Å²) in [5.41, 5.74) is 0.828. The molecule has 0 amide bonds. The zero-order valence-electron chi connectivity index (χ0n) is 8.41. The standard InChI is InChI=1S/C11H13NO2/c1-4-7-12-8(2)5-6-10(9(3)13)11(12)14/h4-6H,1,7H2,2-3H3. The maximum atomic E-state index is 11.7. The Balaban J connectivity index is 3.41. The molecule has 0 aromatic carbocycles. The molecule has 1 rings (SSSR count). The van der Waals surface area contributed by atoms with Crippen molar-refractivity contribution < 1.29 is 4.79 Å². The number of aromatic nitrogens is 1. The molecule has 0 fully saturated rings. The van der Waals surface area contributed by atoms with Crippen LogP contribution >= 0.6 is 0 Å². The highest BCUT2D eigenvalue weighted by Crippen LogP contribution is 1.99. The number of carbonyl (C=O) groups is 1. The molecule has 1 aromatic rings. The van der Waals surface area contributed by atoms with Crippen molar-refractivity contribution in [1.29, 1.82) is 0 Å². The first-order valence-corrected chi connectivity index (χ1v) is 4.40. The number of ketones is 1. The second-order valence-corrected chi connectivity index (χ2v) is 3.15. The second-order valence-electron chi connectivity index (χ2n) is 3.15. The number of carbonyl (C=O) groups excluding carboxylic acids is 1. The molecular formula is C11H13NO2. The first-order valence-electron chi connectivity index (χ1n) is 4.40. The van der Waals surface area contributed by atoms with Gasteiger partial charge in [0.15, 0.2) is 5.78 Å². The largest absolute Gasteiger partial charge is 0.309 e. The van der Waals surface area contributed by atoms with Crippen LogP contribution in [0.4, 0.5) is 0 Å². The average Bonchev–Trinajstić information content (AvgIpc) is 2.11. The van der Waals surface area contributed by atoms with Gasteiger partial charge < -0.3 is 4.57 Å². The van der Waals surface area contributed by atoms with Crippen molar-refractivity contribution >= 4 is 5.78 Å². The van der Waals surface area contributed by atoms with E-state index in [2.05, 4.69) is 6.58 Å². The molecule has 1 heterocycles. The fourth-order valence-corrected chi connectivity index (χ4v) is 1.29. The Labute approximate surface area is 82.7 Å². The van der Waals surface area contributed by atoms with Gasteiger partial charge >= 0.3 is 0 Å². The van der Waals surface area contributed by atoms with Crippen molar-refractivity contribution in [1.82, 2.24) is 4.57 Å². The molecule has 0 radical (unpaired) electrons. The lowest BCUT2D eigenvalue weighted by atomic mass is 10.2. The summed E-state index contributed by atoms with van der Waals surface area (Å²) >= 11 is 0. The molecule has 3 heteroatoms. The number of Topliss-reactive ketones (excluding diaryl/α,β-unsaturated/α-hetero) is 1. The predicted octanol–water partition coefficient (Wildman–Crippen LogP) is 1.55. The van der Waals surface area contributed by atoms with Crippen LogP contribution < -0.4 is 5.56 Å². The van der Waals surface area contributed by atoms with Gasteiger partial charge in [-0.1, -0.05) is 6.08 Å². The molecule has 0 aliphatic carbocycles. The zero-order chi connectivity index (χ0) is 10.7. The smallest absolute Gasteiger partial charge is 0.261 e. The van der Waals surface area contributed by atoms with Gasteiger partial charge in [-0.05, 0) is 26.0 Å². The number of nitrogens with zero attached hydrogens (tertiary/aromatic N) is 1.